The van der Waals surface area contributed by atoms with Crippen LogP contribution in [0.1, 0.15) is 33.1 Å². The first-order chi connectivity index (χ1) is 8.20. The van der Waals surface area contributed by atoms with Gasteiger partial charge in [-0.3, -0.25) is 9.69 Å². The Morgan fingerprint density at radius 3 is 2.50 bits per heavy atom. The molecule has 1 aliphatic heterocycles. The van der Waals surface area contributed by atoms with Crippen LogP contribution in [0.25, 0.3) is 0 Å². The van der Waals surface area contributed by atoms with E-state index < -0.39 is 24.5 Å². The molecule has 0 amide bonds. The molecule has 6 heteroatoms. The Balaban J connectivity index is 2.35. The van der Waals surface area contributed by atoms with Gasteiger partial charge in [-0.15, -0.1) is 0 Å². The number of carbonyl (C=O) groups is 1. The van der Waals surface area contributed by atoms with Gasteiger partial charge in [-0.05, 0) is 25.7 Å². The number of hydrogen-bond acceptors (Lipinski definition) is 2. The molecule has 18 heavy (non-hydrogen) atoms. The Morgan fingerprint density at radius 1 is 1.44 bits per heavy atom. The number of nitrogens with zero attached hydrogens (tertiary/aromatic N) is 1. The molecule has 1 fully saturated rings. The van der Waals surface area contributed by atoms with Crippen LogP contribution in [0.4, 0.5) is 13.2 Å². The van der Waals surface area contributed by atoms with Gasteiger partial charge in [0.05, 0.1) is 5.92 Å². The normalized spacial score (nSPS) is 27.4. The predicted octanol–water partition coefficient (Wildman–Crippen LogP) is 2.76. The van der Waals surface area contributed by atoms with Gasteiger partial charge in [0.15, 0.2) is 0 Å². The van der Waals surface area contributed by atoms with Crippen molar-refractivity contribution in [1.29, 1.82) is 0 Å². The third-order valence-corrected chi connectivity index (χ3v) is 3.66. The van der Waals surface area contributed by atoms with Crippen molar-refractivity contribution >= 4 is 5.97 Å². The Hall–Kier alpha value is -0.780. The number of rotatable bonds is 5. The molecule has 0 bridgehead atoms. The van der Waals surface area contributed by atoms with Gasteiger partial charge in [-0.25, -0.2) is 0 Å². The van der Waals surface area contributed by atoms with Gasteiger partial charge in [-0.2, -0.15) is 13.2 Å². The number of halogens is 3. The van der Waals surface area contributed by atoms with Gasteiger partial charge in [0.25, 0.3) is 0 Å². The average molecular weight is 267 g/mol. The van der Waals surface area contributed by atoms with Gasteiger partial charge in [0.2, 0.25) is 0 Å². The summed E-state index contributed by atoms with van der Waals surface area (Å²) < 4.78 is 36.1. The van der Waals surface area contributed by atoms with Crippen LogP contribution in [0.2, 0.25) is 0 Å². The molecule has 3 nitrogen and oxygen atoms in total. The Morgan fingerprint density at radius 2 is 2.06 bits per heavy atom. The van der Waals surface area contributed by atoms with E-state index in [1.807, 2.05) is 18.7 Å². The molecule has 1 rings (SSSR count). The maximum absolute atomic E-state index is 12.0. The van der Waals surface area contributed by atoms with Crippen molar-refractivity contribution in [3.8, 4) is 0 Å². The molecule has 3 atom stereocenters. The average Bonchev–Trinajstić information content (AvgIpc) is 2.58. The molecule has 0 aromatic heterocycles. The fourth-order valence-electron chi connectivity index (χ4n) is 2.47. The lowest BCUT2D eigenvalue weighted by molar-refractivity contribution is -0.142. The van der Waals surface area contributed by atoms with Crippen molar-refractivity contribution in [2.45, 2.75) is 45.3 Å². The first kappa shape index (κ1) is 15.3. The fourth-order valence-corrected chi connectivity index (χ4v) is 2.47. The van der Waals surface area contributed by atoms with Crippen LogP contribution in [0, 0.1) is 11.8 Å². The summed E-state index contributed by atoms with van der Waals surface area (Å²) >= 11 is 0. The first-order valence-corrected chi connectivity index (χ1v) is 6.24. The van der Waals surface area contributed by atoms with Crippen molar-refractivity contribution in [1.82, 2.24) is 4.90 Å². The molecule has 1 N–H and O–H groups in total. The second-order valence-electron chi connectivity index (χ2n) is 5.23. The van der Waals surface area contributed by atoms with E-state index in [9.17, 15) is 18.0 Å². The highest BCUT2D eigenvalue weighted by atomic mass is 19.4. The van der Waals surface area contributed by atoms with Gasteiger partial charge < -0.3 is 5.11 Å². The summed E-state index contributed by atoms with van der Waals surface area (Å²) in [7, 11) is 0. The van der Waals surface area contributed by atoms with E-state index in [2.05, 4.69) is 0 Å². The summed E-state index contributed by atoms with van der Waals surface area (Å²) in [5.41, 5.74) is 0. The molecule has 1 aliphatic rings. The van der Waals surface area contributed by atoms with Gasteiger partial charge in [-0.1, -0.05) is 6.92 Å². The minimum atomic E-state index is -4.10. The molecule has 0 aliphatic carbocycles. The number of alkyl halides is 3. The SMILES string of the molecule is CC(CCCC(F)(F)F)N1C[C@@H](C)[C@H](C(=O)O)C1. The fraction of sp³-hybridized carbons (Fsp3) is 0.917. The quantitative estimate of drug-likeness (QED) is 0.832. The number of carboxylic acid groups (broad SMARTS) is 1. The topological polar surface area (TPSA) is 40.5 Å². The van der Waals surface area contributed by atoms with Crippen molar-refractivity contribution in [2.24, 2.45) is 11.8 Å². The minimum Gasteiger partial charge on any atom is -0.481 e. The molecule has 0 aromatic carbocycles. The summed E-state index contributed by atoms with van der Waals surface area (Å²) in [5.74, 6) is -1.14. The highest BCUT2D eigenvalue weighted by molar-refractivity contribution is 5.71. The number of aliphatic carboxylic acids is 1. The molecule has 1 saturated heterocycles. The number of likely N-dealkylation sites (tertiary alicyclic amines) is 1. The highest BCUT2D eigenvalue weighted by Gasteiger charge is 2.36. The zero-order valence-corrected chi connectivity index (χ0v) is 10.7. The third-order valence-electron chi connectivity index (χ3n) is 3.66. The van der Waals surface area contributed by atoms with Crippen molar-refractivity contribution < 1.29 is 23.1 Å². The molecule has 1 unspecified atom stereocenters. The molecule has 1 heterocycles. The van der Waals surface area contributed by atoms with Crippen molar-refractivity contribution in [3.63, 3.8) is 0 Å². The third kappa shape index (κ3) is 4.48. The minimum absolute atomic E-state index is 0.0131. The molecular weight excluding hydrogens is 247 g/mol. The van der Waals surface area contributed by atoms with Crippen LogP contribution in [-0.4, -0.2) is 41.3 Å². The van der Waals surface area contributed by atoms with Crippen LogP contribution in [0.5, 0.6) is 0 Å². The van der Waals surface area contributed by atoms with E-state index in [0.29, 0.717) is 19.5 Å². The smallest absolute Gasteiger partial charge is 0.389 e. The lowest BCUT2D eigenvalue weighted by atomic mass is 9.99. The standard InChI is InChI=1S/C12H20F3NO2/c1-8-6-16(7-10(8)11(17)18)9(2)4-3-5-12(13,14)15/h8-10H,3-7H2,1-2H3,(H,17,18)/t8-,9?,10-/m1/s1. The molecule has 0 spiro atoms. The zero-order chi connectivity index (χ0) is 13.9. The Labute approximate surface area is 105 Å². The maximum Gasteiger partial charge on any atom is 0.389 e. The summed E-state index contributed by atoms with van der Waals surface area (Å²) in [6.45, 7) is 4.85. The van der Waals surface area contributed by atoms with Gasteiger partial charge in [0.1, 0.15) is 0 Å². The summed E-state index contributed by atoms with van der Waals surface area (Å²) in [6, 6.07) is 0.0131. The lowest BCUT2D eigenvalue weighted by Gasteiger charge is -2.24. The second kappa shape index (κ2) is 5.91. The van der Waals surface area contributed by atoms with Crippen LogP contribution in [0.3, 0.4) is 0 Å². The Bertz CT molecular complexity index is 294. The number of carboxylic acids is 1. The summed E-state index contributed by atoms with van der Waals surface area (Å²) in [5, 5.41) is 8.99. The predicted molar refractivity (Wildman–Crippen MR) is 61.2 cm³/mol. The van der Waals surface area contributed by atoms with E-state index in [1.54, 1.807) is 0 Å². The van der Waals surface area contributed by atoms with Crippen LogP contribution >= 0.6 is 0 Å². The van der Waals surface area contributed by atoms with Crippen LogP contribution in [0.15, 0.2) is 0 Å². The largest absolute Gasteiger partial charge is 0.481 e. The molecule has 0 saturated carbocycles. The van der Waals surface area contributed by atoms with Crippen LogP contribution < -0.4 is 0 Å². The van der Waals surface area contributed by atoms with E-state index in [1.165, 1.54) is 0 Å². The second-order valence-corrected chi connectivity index (χ2v) is 5.23. The van der Waals surface area contributed by atoms with Gasteiger partial charge >= 0.3 is 12.1 Å². The molecule has 106 valence electrons. The van der Waals surface area contributed by atoms with Crippen molar-refractivity contribution in [3.05, 3.63) is 0 Å². The van der Waals surface area contributed by atoms with Crippen LogP contribution in [-0.2, 0) is 4.79 Å². The number of hydrogen-bond donors (Lipinski definition) is 1. The molecular formula is C12H20F3NO2. The van der Waals surface area contributed by atoms with E-state index >= 15 is 0 Å². The summed E-state index contributed by atoms with van der Waals surface area (Å²) in [6.07, 6.45) is -4.30. The molecule has 0 radical (unpaired) electrons. The Kier molecular flexibility index (Phi) is 5.01. The van der Waals surface area contributed by atoms with E-state index in [-0.39, 0.29) is 18.4 Å². The zero-order valence-electron chi connectivity index (χ0n) is 10.7. The lowest BCUT2D eigenvalue weighted by Crippen LogP contribution is -2.32. The monoisotopic (exact) mass is 267 g/mol. The summed E-state index contributed by atoms with van der Waals surface area (Å²) in [4.78, 5) is 12.9. The van der Waals surface area contributed by atoms with Gasteiger partial charge in [0, 0.05) is 25.6 Å². The molecule has 0 aromatic rings. The van der Waals surface area contributed by atoms with Crippen molar-refractivity contribution in [2.75, 3.05) is 13.1 Å². The highest BCUT2D eigenvalue weighted by Crippen LogP contribution is 2.28. The first-order valence-electron chi connectivity index (χ1n) is 6.24. The maximum atomic E-state index is 12.0. The van der Waals surface area contributed by atoms with E-state index in [4.69, 9.17) is 5.11 Å². The van der Waals surface area contributed by atoms with E-state index in [0.717, 1.165) is 0 Å².